The van der Waals surface area contributed by atoms with Crippen molar-refractivity contribution >= 4 is 17.7 Å². The van der Waals surface area contributed by atoms with Crippen LogP contribution in [-0.2, 0) is 23.9 Å². The monoisotopic (exact) mass is 535 g/mol. The summed E-state index contributed by atoms with van der Waals surface area (Å²) in [7, 11) is 2.97. The summed E-state index contributed by atoms with van der Waals surface area (Å²) in [5.74, 6) is -3.46. The first-order valence-corrected chi connectivity index (χ1v) is 12.8. The van der Waals surface area contributed by atoms with Gasteiger partial charge in [0, 0.05) is 28.8 Å². The third-order valence-corrected chi connectivity index (χ3v) is 7.11. The van der Waals surface area contributed by atoms with E-state index in [0.717, 1.165) is 5.56 Å². The quantitative estimate of drug-likeness (QED) is 0.380. The van der Waals surface area contributed by atoms with Gasteiger partial charge in [-0.15, -0.1) is 0 Å². The van der Waals surface area contributed by atoms with Gasteiger partial charge in [0.1, 0.15) is 11.7 Å². The van der Waals surface area contributed by atoms with Gasteiger partial charge in [-0.1, -0.05) is 18.2 Å². The van der Waals surface area contributed by atoms with Crippen LogP contribution < -0.4 is 14.8 Å². The molecule has 9 nitrogen and oxygen atoms in total. The van der Waals surface area contributed by atoms with Crippen LogP contribution in [0, 0.1) is 5.92 Å². The van der Waals surface area contributed by atoms with E-state index in [-0.39, 0.29) is 35.9 Å². The molecule has 0 aromatic heterocycles. The second-order valence-electron chi connectivity index (χ2n) is 9.32. The minimum Gasteiger partial charge on any atom is -0.504 e. The SMILES string of the molecule is CCOC(=O)C1=C(C)NC2=C(C(=O)[C@@H](C(=O)OCC)[C@H](c3cccc(OC)c3)C2)[C@@H]1c1ccc(O)c(OC)c1. The lowest BCUT2D eigenvalue weighted by Crippen LogP contribution is -2.43. The third kappa shape index (κ3) is 5.21. The molecule has 0 radical (unpaired) electrons. The highest BCUT2D eigenvalue weighted by Crippen LogP contribution is 2.49. The molecule has 39 heavy (non-hydrogen) atoms. The molecular weight excluding hydrogens is 502 g/mol. The maximum absolute atomic E-state index is 14.4. The van der Waals surface area contributed by atoms with Crippen molar-refractivity contribution < 1.29 is 38.4 Å². The summed E-state index contributed by atoms with van der Waals surface area (Å²) in [5.41, 5.74) is 2.98. The number of ether oxygens (including phenoxy) is 4. The van der Waals surface area contributed by atoms with Gasteiger partial charge < -0.3 is 29.4 Å². The summed E-state index contributed by atoms with van der Waals surface area (Å²) in [6, 6.07) is 11.9. The summed E-state index contributed by atoms with van der Waals surface area (Å²) < 4.78 is 21.4. The number of carbonyl (C=O) groups is 3. The molecule has 0 bridgehead atoms. The number of esters is 2. The molecule has 0 fully saturated rings. The highest BCUT2D eigenvalue weighted by Gasteiger charge is 2.49. The maximum Gasteiger partial charge on any atom is 0.336 e. The molecule has 0 saturated carbocycles. The predicted molar refractivity (Wildman–Crippen MR) is 142 cm³/mol. The Morgan fingerprint density at radius 3 is 2.41 bits per heavy atom. The Morgan fingerprint density at radius 1 is 1.00 bits per heavy atom. The Labute approximate surface area is 227 Å². The molecule has 2 aliphatic rings. The van der Waals surface area contributed by atoms with E-state index in [9.17, 15) is 19.5 Å². The number of phenols is 1. The van der Waals surface area contributed by atoms with E-state index < -0.39 is 35.5 Å². The largest absolute Gasteiger partial charge is 0.504 e. The van der Waals surface area contributed by atoms with Crippen molar-refractivity contribution in [3.05, 3.63) is 76.1 Å². The second-order valence-corrected chi connectivity index (χ2v) is 9.32. The Hall–Kier alpha value is -4.27. The molecule has 2 N–H and O–H groups in total. The van der Waals surface area contributed by atoms with Gasteiger partial charge in [-0.3, -0.25) is 9.59 Å². The van der Waals surface area contributed by atoms with Gasteiger partial charge in [-0.05, 0) is 62.6 Å². The number of dihydropyridines is 1. The molecule has 2 aromatic carbocycles. The topological polar surface area (TPSA) is 120 Å². The number of allylic oxidation sites excluding steroid dienone is 3. The number of nitrogens with one attached hydrogen (secondary N) is 1. The first-order valence-electron chi connectivity index (χ1n) is 12.8. The summed E-state index contributed by atoms with van der Waals surface area (Å²) in [6.45, 7) is 5.40. The van der Waals surface area contributed by atoms with Crippen LogP contribution in [0.3, 0.4) is 0 Å². The van der Waals surface area contributed by atoms with E-state index in [0.29, 0.717) is 29.1 Å². The highest BCUT2D eigenvalue weighted by atomic mass is 16.5. The van der Waals surface area contributed by atoms with E-state index in [2.05, 4.69) is 5.32 Å². The number of aromatic hydroxyl groups is 1. The van der Waals surface area contributed by atoms with Gasteiger partial charge in [-0.2, -0.15) is 0 Å². The number of phenolic OH excluding ortho intramolecular Hbond substituents is 1. The van der Waals surface area contributed by atoms with Gasteiger partial charge in [0.2, 0.25) is 0 Å². The molecule has 0 spiro atoms. The van der Waals surface area contributed by atoms with Gasteiger partial charge in [-0.25, -0.2) is 4.79 Å². The molecule has 1 heterocycles. The third-order valence-electron chi connectivity index (χ3n) is 7.11. The van der Waals surface area contributed by atoms with Crippen LogP contribution in [0.4, 0.5) is 0 Å². The smallest absolute Gasteiger partial charge is 0.336 e. The molecule has 9 heteroatoms. The normalized spacial score (nSPS) is 20.6. The molecular formula is C30H33NO8. The van der Waals surface area contributed by atoms with Gasteiger partial charge in [0.25, 0.3) is 0 Å². The molecule has 2 aromatic rings. The van der Waals surface area contributed by atoms with Crippen LogP contribution in [0.15, 0.2) is 65.0 Å². The van der Waals surface area contributed by atoms with E-state index in [1.54, 1.807) is 46.1 Å². The van der Waals surface area contributed by atoms with E-state index in [1.807, 2.05) is 18.2 Å². The van der Waals surface area contributed by atoms with E-state index in [1.165, 1.54) is 13.2 Å². The van der Waals surface area contributed by atoms with Crippen LogP contribution in [-0.4, -0.2) is 50.3 Å². The van der Waals surface area contributed by atoms with Gasteiger partial charge in [0.05, 0.1) is 33.0 Å². The molecule has 4 rings (SSSR count). The number of ketones is 1. The number of carbonyl (C=O) groups excluding carboxylic acids is 3. The van der Waals surface area contributed by atoms with Crippen LogP contribution in [0.1, 0.15) is 50.2 Å². The number of hydrogen-bond acceptors (Lipinski definition) is 9. The van der Waals surface area contributed by atoms with Crippen molar-refractivity contribution in [2.45, 2.75) is 39.0 Å². The van der Waals surface area contributed by atoms with Gasteiger partial charge >= 0.3 is 11.9 Å². The number of Topliss-reactive ketones (excluding diaryl/α,β-unsaturated/α-hetero) is 1. The minimum absolute atomic E-state index is 0.0831. The number of methoxy groups -OCH3 is 2. The Morgan fingerprint density at radius 2 is 1.74 bits per heavy atom. The van der Waals surface area contributed by atoms with Crippen molar-refractivity contribution in [1.29, 1.82) is 0 Å². The highest BCUT2D eigenvalue weighted by molar-refractivity contribution is 6.13. The lowest BCUT2D eigenvalue weighted by molar-refractivity contribution is -0.152. The van der Waals surface area contributed by atoms with Crippen molar-refractivity contribution in [1.82, 2.24) is 5.32 Å². The fraction of sp³-hybridized carbons (Fsp3) is 0.367. The molecule has 1 aliphatic carbocycles. The Balaban J connectivity index is 1.93. The van der Waals surface area contributed by atoms with Gasteiger partial charge in [0.15, 0.2) is 17.3 Å². The average Bonchev–Trinajstić information content (AvgIpc) is 2.92. The van der Waals surface area contributed by atoms with E-state index >= 15 is 0 Å². The van der Waals surface area contributed by atoms with Crippen LogP contribution in [0.2, 0.25) is 0 Å². The zero-order valence-corrected chi connectivity index (χ0v) is 22.7. The summed E-state index contributed by atoms with van der Waals surface area (Å²) in [6.07, 6.45) is 0.316. The Kier molecular flexibility index (Phi) is 8.28. The molecule has 0 unspecified atom stereocenters. The van der Waals surface area contributed by atoms with Crippen molar-refractivity contribution in [3.63, 3.8) is 0 Å². The molecule has 206 valence electrons. The number of rotatable bonds is 8. The Bertz CT molecular complexity index is 1360. The first kappa shape index (κ1) is 27.8. The minimum atomic E-state index is -1.14. The van der Waals surface area contributed by atoms with Crippen molar-refractivity contribution in [2.24, 2.45) is 5.92 Å². The fourth-order valence-corrected chi connectivity index (χ4v) is 5.41. The molecule has 0 amide bonds. The summed E-state index contributed by atoms with van der Waals surface area (Å²) >= 11 is 0. The summed E-state index contributed by atoms with van der Waals surface area (Å²) in [5, 5.41) is 13.5. The molecule has 3 atom stereocenters. The molecule has 1 aliphatic heterocycles. The second kappa shape index (κ2) is 11.6. The van der Waals surface area contributed by atoms with Crippen LogP contribution >= 0.6 is 0 Å². The fourth-order valence-electron chi connectivity index (χ4n) is 5.41. The average molecular weight is 536 g/mol. The zero-order chi connectivity index (χ0) is 28.3. The number of benzene rings is 2. The number of hydrogen-bond donors (Lipinski definition) is 2. The van der Waals surface area contributed by atoms with Crippen molar-refractivity contribution in [3.8, 4) is 17.2 Å². The maximum atomic E-state index is 14.4. The predicted octanol–water partition coefficient (Wildman–Crippen LogP) is 4.12. The lowest BCUT2D eigenvalue weighted by Gasteiger charge is -2.39. The van der Waals surface area contributed by atoms with Crippen LogP contribution in [0.5, 0.6) is 17.2 Å². The van der Waals surface area contributed by atoms with Crippen LogP contribution in [0.25, 0.3) is 0 Å². The van der Waals surface area contributed by atoms with E-state index in [4.69, 9.17) is 18.9 Å². The zero-order valence-electron chi connectivity index (χ0n) is 22.7. The molecule has 0 saturated heterocycles. The van der Waals surface area contributed by atoms with Crippen molar-refractivity contribution in [2.75, 3.05) is 27.4 Å². The summed E-state index contributed by atoms with van der Waals surface area (Å²) in [4.78, 5) is 40.9. The first-order chi connectivity index (χ1) is 18.7. The lowest BCUT2D eigenvalue weighted by atomic mass is 9.67. The standard InChI is InChI=1S/C30H33NO8/c1-6-38-29(34)24-16(3)31-21-15-20(17-9-8-10-19(13-17)36-4)26(30(35)39-7-2)28(33)27(21)25(24)18-11-12-22(32)23(14-18)37-5/h8-14,20,25-26,31-32H,6-7,15H2,1-5H3/t20-,25+,26-/m0/s1.